The monoisotopic (exact) mass is 462 g/mol. The summed E-state index contributed by atoms with van der Waals surface area (Å²) in [7, 11) is -1.15. The normalized spacial score (nSPS) is 11.7. The first-order chi connectivity index (χ1) is 15.8. The molecular formula is C24H22N4O4S. The highest BCUT2D eigenvalue weighted by atomic mass is 32.2. The number of esters is 1. The van der Waals surface area contributed by atoms with Crippen LogP contribution in [0.3, 0.4) is 0 Å². The van der Waals surface area contributed by atoms with Gasteiger partial charge in [-0.25, -0.2) is 18.7 Å². The number of terminal acetylenes is 1. The third-order valence-electron chi connectivity index (χ3n) is 5.22. The molecule has 2 aromatic carbocycles. The van der Waals surface area contributed by atoms with E-state index >= 15 is 0 Å². The van der Waals surface area contributed by atoms with Gasteiger partial charge in [0, 0.05) is 19.5 Å². The van der Waals surface area contributed by atoms with E-state index in [1.165, 1.54) is 14.1 Å². The number of ether oxygens (including phenoxy) is 1. The van der Waals surface area contributed by atoms with E-state index in [9.17, 15) is 13.2 Å². The highest BCUT2D eigenvalue weighted by Gasteiger charge is 2.29. The number of aromatic nitrogens is 3. The van der Waals surface area contributed by atoms with Gasteiger partial charge < -0.3 is 4.74 Å². The maximum atomic E-state index is 13.3. The van der Waals surface area contributed by atoms with E-state index in [0.29, 0.717) is 16.6 Å². The van der Waals surface area contributed by atoms with Crippen LogP contribution >= 0.6 is 0 Å². The number of nitrogens with zero attached hydrogens (tertiary/aromatic N) is 4. The summed E-state index contributed by atoms with van der Waals surface area (Å²) >= 11 is 0. The largest absolute Gasteiger partial charge is 0.449 e. The molecule has 0 aliphatic heterocycles. The van der Waals surface area contributed by atoms with Crippen molar-refractivity contribution >= 4 is 38.1 Å². The summed E-state index contributed by atoms with van der Waals surface area (Å²) in [6.07, 6.45) is 6.06. The van der Waals surface area contributed by atoms with Crippen molar-refractivity contribution in [1.29, 1.82) is 0 Å². The molecule has 0 unspecified atom stereocenters. The lowest BCUT2D eigenvalue weighted by molar-refractivity contribution is 0.0557. The number of imidazole rings is 1. The van der Waals surface area contributed by atoms with Gasteiger partial charge in [0.05, 0.1) is 22.1 Å². The third-order valence-corrected chi connectivity index (χ3v) is 6.97. The summed E-state index contributed by atoms with van der Waals surface area (Å²) in [5, 5.41) is 0.726. The maximum Gasteiger partial charge on any atom is 0.341 e. The van der Waals surface area contributed by atoms with Crippen molar-refractivity contribution in [3.63, 3.8) is 0 Å². The van der Waals surface area contributed by atoms with E-state index in [-0.39, 0.29) is 23.7 Å². The first-order valence-corrected chi connectivity index (χ1v) is 11.6. The van der Waals surface area contributed by atoms with Crippen LogP contribution in [0.4, 0.5) is 0 Å². The molecule has 0 saturated heterocycles. The van der Waals surface area contributed by atoms with Crippen LogP contribution in [0.2, 0.25) is 0 Å². The number of hydrogen-bond acceptors (Lipinski definition) is 6. The zero-order valence-electron chi connectivity index (χ0n) is 18.4. The molecule has 168 valence electrons. The molecule has 0 fully saturated rings. The Labute approximate surface area is 192 Å². The predicted molar refractivity (Wildman–Crippen MR) is 127 cm³/mol. The quantitative estimate of drug-likeness (QED) is 0.323. The second-order valence-electron chi connectivity index (χ2n) is 7.52. The van der Waals surface area contributed by atoms with Crippen molar-refractivity contribution in [2.75, 3.05) is 20.7 Å². The second-order valence-corrected chi connectivity index (χ2v) is 9.52. The fourth-order valence-corrected chi connectivity index (χ4v) is 4.58. The SMILES string of the molecule is C#CCOC(=O)c1cc2cc(CC)ccc2nc1-c1nc2ccccc2n1S(=O)(=O)N(C)C. The summed E-state index contributed by atoms with van der Waals surface area (Å²) in [5.41, 5.74) is 2.65. The molecule has 2 heterocycles. The number of pyridine rings is 1. The van der Waals surface area contributed by atoms with Gasteiger partial charge in [-0.2, -0.15) is 12.7 Å². The molecule has 0 amide bonds. The molecule has 0 saturated carbocycles. The zero-order valence-corrected chi connectivity index (χ0v) is 19.3. The number of rotatable bonds is 6. The molecule has 33 heavy (non-hydrogen) atoms. The summed E-state index contributed by atoms with van der Waals surface area (Å²) in [6, 6.07) is 14.2. The van der Waals surface area contributed by atoms with Gasteiger partial charge in [0.25, 0.3) is 0 Å². The van der Waals surface area contributed by atoms with Crippen LogP contribution in [0.1, 0.15) is 22.8 Å². The van der Waals surface area contributed by atoms with Crippen molar-refractivity contribution in [3.8, 4) is 23.9 Å². The van der Waals surface area contributed by atoms with E-state index in [1.807, 2.05) is 25.1 Å². The Hall–Kier alpha value is -3.74. The predicted octanol–water partition coefficient (Wildman–Crippen LogP) is 3.26. The van der Waals surface area contributed by atoms with Crippen molar-refractivity contribution in [2.45, 2.75) is 13.3 Å². The van der Waals surface area contributed by atoms with Crippen molar-refractivity contribution < 1.29 is 17.9 Å². The maximum absolute atomic E-state index is 13.3. The molecule has 0 aliphatic carbocycles. The van der Waals surface area contributed by atoms with E-state index in [2.05, 4.69) is 15.9 Å². The molecule has 0 aliphatic rings. The van der Waals surface area contributed by atoms with Gasteiger partial charge in [0.2, 0.25) is 0 Å². The minimum Gasteiger partial charge on any atom is -0.449 e. The van der Waals surface area contributed by atoms with Crippen LogP contribution in [0, 0.1) is 12.3 Å². The van der Waals surface area contributed by atoms with Gasteiger partial charge in [-0.05, 0) is 42.3 Å². The van der Waals surface area contributed by atoms with Crippen molar-refractivity contribution in [2.24, 2.45) is 0 Å². The number of fused-ring (bicyclic) bond motifs is 2. The number of carbonyl (C=O) groups is 1. The van der Waals surface area contributed by atoms with E-state index in [1.54, 1.807) is 30.3 Å². The fourth-order valence-electron chi connectivity index (χ4n) is 3.51. The Bertz CT molecular complexity index is 1530. The zero-order chi connectivity index (χ0) is 23.8. The molecule has 2 aromatic heterocycles. The lowest BCUT2D eigenvalue weighted by Crippen LogP contribution is -2.29. The number of hydrogen-bond donors (Lipinski definition) is 0. The summed E-state index contributed by atoms with van der Waals surface area (Å²) in [5.74, 6) is 1.57. The molecule has 0 bridgehead atoms. The number of para-hydroxylation sites is 2. The molecule has 9 heteroatoms. The molecule has 4 rings (SSSR count). The van der Waals surface area contributed by atoms with Crippen molar-refractivity contribution in [1.82, 2.24) is 18.2 Å². The Morgan fingerprint density at radius 2 is 1.88 bits per heavy atom. The lowest BCUT2D eigenvalue weighted by atomic mass is 10.1. The summed E-state index contributed by atoms with van der Waals surface area (Å²) in [4.78, 5) is 22.2. The van der Waals surface area contributed by atoms with Crippen LogP contribution in [-0.4, -0.2) is 53.3 Å². The van der Waals surface area contributed by atoms with E-state index in [0.717, 1.165) is 25.6 Å². The van der Waals surface area contributed by atoms with E-state index in [4.69, 9.17) is 11.2 Å². The molecule has 8 nitrogen and oxygen atoms in total. The molecule has 0 radical (unpaired) electrons. The average molecular weight is 463 g/mol. The highest BCUT2D eigenvalue weighted by Crippen LogP contribution is 2.31. The van der Waals surface area contributed by atoms with Crippen LogP contribution in [0.25, 0.3) is 33.5 Å². The van der Waals surface area contributed by atoms with Crippen LogP contribution in [0.5, 0.6) is 0 Å². The second kappa shape index (κ2) is 8.65. The first kappa shape index (κ1) is 22.5. The molecule has 0 atom stereocenters. The Morgan fingerprint density at radius 1 is 1.12 bits per heavy atom. The standard InChI is InChI=1S/C24H22N4O4S/c1-5-13-32-24(29)18-15-17-14-16(6-2)11-12-19(17)25-22(18)23-26-20-9-7-8-10-21(20)28(23)33(30,31)27(3)4/h1,7-12,14-15H,6,13H2,2-4H3. The van der Waals surface area contributed by atoms with Crippen LogP contribution in [-0.2, 0) is 21.4 Å². The van der Waals surface area contributed by atoms with E-state index < -0.39 is 16.2 Å². The molecular weight excluding hydrogens is 440 g/mol. The highest BCUT2D eigenvalue weighted by molar-refractivity contribution is 7.87. The molecule has 0 N–H and O–H groups in total. The number of benzene rings is 2. The Morgan fingerprint density at radius 3 is 2.58 bits per heavy atom. The molecule has 4 aromatic rings. The van der Waals surface area contributed by atoms with Gasteiger partial charge in [0.15, 0.2) is 12.4 Å². The van der Waals surface area contributed by atoms with Crippen LogP contribution in [0.15, 0.2) is 48.5 Å². The third kappa shape index (κ3) is 3.95. The minimum absolute atomic E-state index is 0.0130. The van der Waals surface area contributed by atoms with Crippen LogP contribution < -0.4 is 0 Å². The van der Waals surface area contributed by atoms with Gasteiger partial charge in [0.1, 0.15) is 5.69 Å². The smallest absolute Gasteiger partial charge is 0.341 e. The molecule has 0 spiro atoms. The topological polar surface area (TPSA) is 94.4 Å². The fraction of sp³-hybridized carbons (Fsp3) is 0.208. The summed E-state index contributed by atoms with van der Waals surface area (Å²) < 4.78 is 33.9. The Balaban J connectivity index is 2.09. The van der Waals surface area contributed by atoms with Gasteiger partial charge >= 0.3 is 16.2 Å². The van der Waals surface area contributed by atoms with Gasteiger partial charge in [-0.1, -0.05) is 31.0 Å². The van der Waals surface area contributed by atoms with Crippen molar-refractivity contribution in [3.05, 3.63) is 59.7 Å². The summed E-state index contributed by atoms with van der Waals surface area (Å²) in [6.45, 7) is 1.80. The Kier molecular flexibility index (Phi) is 5.89. The number of carbonyl (C=O) groups excluding carboxylic acids is 1. The van der Waals surface area contributed by atoms with Gasteiger partial charge in [-0.15, -0.1) is 6.42 Å². The van der Waals surface area contributed by atoms with Gasteiger partial charge in [-0.3, -0.25) is 0 Å². The lowest BCUT2D eigenvalue weighted by Gasteiger charge is -2.16. The number of aryl methyl sites for hydroxylation is 1. The minimum atomic E-state index is -4.00. The first-order valence-electron chi connectivity index (χ1n) is 10.2. The average Bonchev–Trinajstić information content (AvgIpc) is 3.21.